The molecule has 0 bridgehead atoms. The second-order valence-corrected chi connectivity index (χ2v) is 6.28. The smallest absolute Gasteiger partial charge is 0.339 e. The fourth-order valence-electron chi connectivity index (χ4n) is 3.26. The number of benzene rings is 2. The summed E-state index contributed by atoms with van der Waals surface area (Å²) in [4.78, 5) is 35.1. The van der Waals surface area contributed by atoms with Gasteiger partial charge in [-0.15, -0.1) is 0 Å². The van der Waals surface area contributed by atoms with E-state index in [1.54, 1.807) is 30.3 Å². The van der Waals surface area contributed by atoms with Crippen LogP contribution in [0.25, 0.3) is 0 Å². The number of carbonyl (C=O) groups excluding carboxylic acids is 2. The Labute approximate surface area is 162 Å². The van der Waals surface area contributed by atoms with Gasteiger partial charge in [-0.3, -0.25) is 4.79 Å². The van der Waals surface area contributed by atoms with E-state index >= 15 is 0 Å². The van der Waals surface area contributed by atoms with Crippen LogP contribution in [0.2, 0.25) is 0 Å². The second-order valence-electron chi connectivity index (χ2n) is 6.28. The topological polar surface area (TPSA) is 84.4 Å². The predicted molar refractivity (Wildman–Crippen MR) is 105 cm³/mol. The van der Waals surface area contributed by atoms with Gasteiger partial charge in [-0.25, -0.2) is 14.8 Å². The average molecular weight is 374 g/mol. The minimum atomic E-state index is -0.520. The third-order valence-corrected chi connectivity index (χ3v) is 4.63. The van der Waals surface area contributed by atoms with Crippen molar-refractivity contribution in [2.75, 3.05) is 23.9 Å². The SMILES string of the molecule is COC(=O)c1ccccc1NC(=O)c1cc(N2CCc3ccccc32)ncn1. The number of nitrogens with one attached hydrogen (secondary N) is 1. The molecule has 2 heterocycles. The Kier molecular flexibility index (Phi) is 4.72. The van der Waals surface area contributed by atoms with Crippen LogP contribution in [0.3, 0.4) is 0 Å². The third kappa shape index (κ3) is 3.29. The summed E-state index contributed by atoms with van der Waals surface area (Å²) < 4.78 is 4.76. The summed E-state index contributed by atoms with van der Waals surface area (Å²) in [6, 6.07) is 16.4. The molecule has 1 N–H and O–H groups in total. The van der Waals surface area contributed by atoms with Gasteiger partial charge in [0.2, 0.25) is 0 Å². The van der Waals surface area contributed by atoms with Crippen LogP contribution in [0.1, 0.15) is 26.4 Å². The van der Waals surface area contributed by atoms with Crippen LogP contribution >= 0.6 is 0 Å². The van der Waals surface area contributed by atoms with Crippen molar-refractivity contribution in [3.63, 3.8) is 0 Å². The molecule has 0 saturated heterocycles. The molecule has 0 radical (unpaired) electrons. The lowest BCUT2D eigenvalue weighted by atomic mass is 10.1. The van der Waals surface area contributed by atoms with Crippen LogP contribution < -0.4 is 10.2 Å². The first kappa shape index (κ1) is 17.7. The summed E-state index contributed by atoms with van der Waals surface area (Å²) in [7, 11) is 1.30. The van der Waals surface area contributed by atoms with E-state index in [0.717, 1.165) is 18.7 Å². The highest BCUT2D eigenvalue weighted by molar-refractivity contribution is 6.07. The van der Waals surface area contributed by atoms with Crippen molar-refractivity contribution in [1.82, 2.24) is 9.97 Å². The number of nitrogens with zero attached hydrogens (tertiary/aromatic N) is 3. The molecular formula is C21H18N4O3. The van der Waals surface area contributed by atoms with Crippen LogP contribution in [0.4, 0.5) is 17.2 Å². The van der Waals surface area contributed by atoms with Gasteiger partial charge in [-0.2, -0.15) is 0 Å². The molecule has 140 valence electrons. The number of carbonyl (C=O) groups is 2. The van der Waals surface area contributed by atoms with E-state index in [1.807, 2.05) is 18.2 Å². The van der Waals surface area contributed by atoms with Gasteiger partial charge >= 0.3 is 5.97 Å². The van der Waals surface area contributed by atoms with Crippen LogP contribution in [0.15, 0.2) is 60.9 Å². The number of amides is 1. The van der Waals surface area contributed by atoms with E-state index in [9.17, 15) is 9.59 Å². The van der Waals surface area contributed by atoms with Crippen molar-refractivity contribution in [2.45, 2.75) is 6.42 Å². The summed E-state index contributed by atoms with van der Waals surface area (Å²) in [6.45, 7) is 0.794. The Morgan fingerprint density at radius 2 is 1.86 bits per heavy atom. The molecule has 1 aliphatic heterocycles. The highest BCUT2D eigenvalue weighted by Gasteiger charge is 2.22. The van der Waals surface area contributed by atoms with Gasteiger partial charge in [-0.1, -0.05) is 30.3 Å². The maximum Gasteiger partial charge on any atom is 0.339 e. The fourth-order valence-corrected chi connectivity index (χ4v) is 3.26. The summed E-state index contributed by atoms with van der Waals surface area (Å²) in [5.74, 6) is -0.285. The minimum absolute atomic E-state index is 0.217. The second kappa shape index (κ2) is 7.48. The Hall–Kier alpha value is -3.74. The summed E-state index contributed by atoms with van der Waals surface area (Å²) >= 11 is 0. The van der Waals surface area contributed by atoms with Crippen molar-refractivity contribution >= 4 is 29.1 Å². The maximum atomic E-state index is 12.7. The van der Waals surface area contributed by atoms with Gasteiger partial charge in [0.1, 0.15) is 17.8 Å². The Morgan fingerprint density at radius 3 is 2.71 bits per heavy atom. The molecule has 0 atom stereocenters. The molecule has 2 aromatic carbocycles. The van der Waals surface area contributed by atoms with Crippen molar-refractivity contribution in [1.29, 1.82) is 0 Å². The van der Waals surface area contributed by atoms with Crippen molar-refractivity contribution in [3.8, 4) is 0 Å². The molecule has 0 fully saturated rings. The van der Waals surface area contributed by atoms with Crippen molar-refractivity contribution in [3.05, 3.63) is 77.7 Å². The maximum absolute atomic E-state index is 12.7. The van der Waals surface area contributed by atoms with Gasteiger partial charge in [0.05, 0.1) is 18.4 Å². The zero-order valence-electron chi connectivity index (χ0n) is 15.3. The lowest BCUT2D eigenvalue weighted by Gasteiger charge is -2.18. The Bertz CT molecular complexity index is 1050. The summed E-state index contributed by atoms with van der Waals surface area (Å²) in [5, 5.41) is 2.73. The standard InChI is InChI=1S/C21H18N4O3/c1-28-21(27)15-7-3-4-8-16(15)24-20(26)17-12-19(23-13-22-17)25-11-10-14-6-2-5-9-18(14)25/h2-9,12-13H,10-11H2,1H3,(H,24,26). The molecule has 7 nitrogen and oxygen atoms in total. The molecule has 1 amide bonds. The van der Waals surface area contributed by atoms with E-state index in [-0.39, 0.29) is 11.3 Å². The van der Waals surface area contributed by atoms with E-state index in [0.29, 0.717) is 11.5 Å². The molecule has 0 spiro atoms. The van der Waals surface area contributed by atoms with Gasteiger partial charge in [0, 0.05) is 18.3 Å². The first-order valence-electron chi connectivity index (χ1n) is 8.83. The highest BCUT2D eigenvalue weighted by atomic mass is 16.5. The number of methoxy groups -OCH3 is 1. The number of rotatable bonds is 4. The largest absolute Gasteiger partial charge is 0.465 e. The molecule has 1 aromatic heterocycles. The van der Waals surface area contributed by atoms with E-state index < -0.39 is 11.9 Å². The monoisotopic (exact) mass is 374 g/mol. The molecular weight excluding hydrogens is 356 g/mol. The van der Waals surface area contributed by atoms with E-state index in [4.69, 9.17) is 4.74 Å². The van der Waals surface area contributed by atoms with Gasteiger partial charge in [0.15, 0.2) is 0 Å². The molecule has 4 rings (SSSR count). The number of esters is 1. The molecule has 0 unspecified atom stereocenters. The number of para-hydroxylation sites is 2. The first-order chi connectivity index (χ1) is 13.7. The number of hydrogen-bond donors (Lipinski definition) is 1. The molecule has 1 aliphatic rings. The third-order valence-electron chi connectivity index (χ3n) is 4.63. The number of anilines is 3. The van der Waals surface area contributed by atoms with Crippen LogP contribution in [-0.4, -0.2) is 35.5 Å². The normalized spacial score (nSPS) is 12.4. The Balaban J connectivity index is 1.59. The van der Waals surface area contributed by atoms with E-state index in [2.05, 4.69) is 26.3 Å². The zero-order valence-corrected chi connectivity index (χ0v) is 15.3. The van der Waals surface area contributed by atoms with Crippen LogP contribution in [0.5, 0.6) is 0 Å². The van der Waals surface area contributed by atoms with Crippen molar-refractivity contribution in [2.24, 2.45) is 0 Å². The lowest BCUT2D eigenvalue weighted by molar-refractivity contribution is 0.0602. The quantitative estimate of drug-likeness (QED) is 0.706. The minimum Gasteiger partial charge on any atom is -0.465 e. The van der Waals surface area contributed by atoms with Crippen LogP contribution in [0, 0.1) is 0 Å². The highest BCUT2D eigenvalue weighted by Crippen LogP contribution is 2.33. The molecule has 7 heteroatoms. The average Bonchev–Trinajstić information content (AvgIpc) is 3.18. The van der Waals surface area contributed by atoms with Gasteiger partial charge < -0.3 is 15.0 Å². The lowest BCUT2D eigenvalue weighted by Crippen LogP contribution is -2.19. The summed E-state index contributed by atoms with van der Waals surface area (Å²) in [6.07, 6.45) is 2.30. The summed E-state index contributed by atoms with van der Waals surface area (Å²) in [5.41, 5.74) is 3.20. The van der Waals surface area contributed by atoms with Crippen LogP contribution in [-0.2, 0) is 11.2 Å². The molecule has 0 aliphatic carbocycles. The predicted octanol–water partition coefficient (Wildman–Crippen LogP) is 3.21. The Morgan fingerprint density at radius 1 is 1.07 bits per heavy atom. The zero-order chi connectivity index (χ0) is 19.5. The molecule has 3 aromatic rings. The number of ether oxygens (including phenoxy) is 1. The number of fused-ring (bicyclic) bond motifs is 1. The molecule has 28 heavy (non-hydrogen) atoms. The first-order valence-corrected chi connectivity index (χ1v) is 8.83. The van der Waals surface area contributed by atoms with Gasteiger partial charge in [-0.05, 0) is 30.2 Å². The number of hydrogen-bond acceptors (Lipinski definition) is 6. The van der Waals surface area contributed by atoms with Gasteiger partial charge in [0.25, 0.3) is 5.91 Å². The van der Waals surface area contributed by atoms with E-state index in [1.165, 1.54) is 19.0 Å². The van der Waals surface area contributed by atoms with Crippen molar-refractivity contribution < 1.29 is 14.3 Å². The number of aromatic nitrogens is 2. The fraction of sp³-hybridized carbons (Fsp3) is 0.143. The molecule has 0 saturated carbocycles.